The average molecular weight is 481 g/mol. The number of aryl methyl sites for hydroxylation is 1. The number of carbonyl (C=O) groups is 1. The van der Waals surface area contributed by atoms with Gasteiger partial charge in [-0.3, -0.25) is 0 Å². The Morgan fingerprint density at radius 2 is 2.42 bits per heavy atom. The smallest absolute Gasteiger partial charge is 0.157 e. The van der Waals surface area contributed by atoms with E-state index >= 15 is 0 Å². The second-order valence-electron chi connectivity index (χ2n) is 6.49. The van der Waals surface area contributed by atoms with Gasteiger partial charge in [-0.15, -0.1) is 11.3 Å². The first kappa shape index (κ1) is 19.1. The summed E-state index contributed by atoms with van der Waals surface area (Å²) < 4.78 is 13.5. The fourth-order valence-electron chi connectivity index (χ4n) is 3.47. The van der Waals surface area contributed by atoms with Crippen LogP contribution in [0.5, 0.6) is 0 Å². The fourth-order valence-corrected chi connectivity index (χ4v) is 6.77. The number of thioether (sulfide) groups is 1. The highest BCUT2D eigenvalue weighted by Gasteiger charge is 2.43. The molecule has 5 atom stereocenters. The van der Waals surface area contributed by atoms with Gasteiger partial charge in [0.25, 0.3) is 0 Å². The Kier molecular flexibility index (Phi) is 7.39. The highest BCUT2D eigenvalue weighted by Crippen LogP contribution is 2.42. The Hall–Kier alpha value is 0.300. The molecule has 1 aliphatic carbocycles. The van der Waals surface area contributed by atoms with Gasteiger partial charge < -0.3 is 14.3 Å². The van der Waals surface area contributed by atoms with E-state index in [1.54, 1.807) is 23.1 Å². The Morgan fingerprint density at radius 1 is 1.54 bits per heavy atom. The lowest BCUT2D eigenvalue weighted by atomic mass is 9.94. The van der Waals surface area contributed by atoms with Gasteiger partial charge in [0, 0.05) is 33.3 Å². The molecule has 1 saturated heterocycles. The van der Waals surface area contributed by atoms with E-state index in [0.29, 0.717) is 9.84 Å². The maximum Gasteiger partial charge on any atom is 0.157 e. The number of alkyl halides is 1. The number of thiazole rings is 1. The average Bonchev–Trinajstić information content (AvgIpc) is 3.12. The third-order valence-corrected chi connectivity index (χ3v) is 8.35. The van der Waals surface area contributed by atoms with E-state index in [2.05, 4.69) is 33.0 Å². The van der Waals surface area contributed by atoms with Crippen LogP contribution in [0.1, 0.15) is 37.8 Å². The van der Waals surface area contributed by atoms with Gasteiger partial charge in [0.2, 0.25) is 0 Å². The van der Waals surface area contributed by atoms with Crippen molar-refractivity contribution in [3.8, 4) is 0 Å². The Labute approximate surface area is 165 Å². The molecule has 3 rings (SSSR count). The Morgan fingerprint density at radius 3 is 3.08 bits per heavy atom. The zero-order valence-corrected chi connectivity index (χ0v) is 17.6. The summed E-state index contributed by atoms with van der Waals surface area (Å²) in [4.78, 5) is 16.2. The monoisotopic (exact) mass is 481 g/mol. The molecule has 1 unspecified atom stereocenters. The summed E-state index contributed by atoms with van der Waals surface area (Å²) in [7, 11) is 0. The molecule has 24 heavy (non-hydrogen) atoms. The summed E-state index contributed by atoms with van der Waals surface area (Å²) >= 11 is 6.00. The molecule has 4 nitrogen and oxygen atoms in total. The minimum absolute atomic E-state index is 0.00365. The van der Waals surface area contributed by atoms with Gasteiger partial charge in [0.15, 0.2) is 6.29 Å². The molecule has 0 spiro atoms. The van der Waals surface area contributed by atoms with Gasteiger partial charge in [0.1, 0.15) is 10.6 Å². The van der Waals surface area contributed by atoms with E-state index in [0.717, 1.165) is 60.8 Å². The lowest BCUT2D eigenvalue weighted by Gasteiger charge is -2.28. The van der Waals surface area contributed by atoms with Crippen LogP contribution in [0.15, 0.2) is 9.72 Å². The Balaban J connectivity index is 1.51. The summed E-state index contributed by atoms with van der Waals surface area (Å²) in [6.45, 7) is 2.81. The molecular formula is C17H24INO3S2. The van der Waals surface area contributed by atoms with Crippen molar-refractivity contribution in [2.75, 3.05) is 12.4 Å². The maximum absolute atomic E-state index is 11.7. The molecular weight excluding hydrogens is 457 g/mol. The highest BCUT2D eigenvalue weighted by molar-refractivity contribution is 14.1. The quantitative estimate of drug-likeness (QED) is 0.249. The molecule has 134 valence electrons. The number of nitrogens with zero attached hydrogens (tertiary/aromatic N) is 1. The van der Waals surface area contributed by atoms with Crippen molar-refractivity contribution < 1.29 is 14.3 Å². The van der Waals surface area contributed by atoms with Crippen LogP contribution < -0.4 is 0 Å². The summed E-state index contributed by atoms with van der Waals surface area (Å²) in [5.74, 6) is 1.40. The van der Waals surface area contributed by atoms with Crippen LogP contribution in [0.3, 0.4) is 0 Å². The predicted octanol–water partition coefficient (Wildman–Crippen LogP) is 4.48. The van der Waals surface area contributed by atoms with Crippen molar-refractivity contribution in [2.24, 2.45) is 11.8 Å². The number of aldehydes is 1. The molecule has 7 heteroatoms. The SMILES string of the molecule is Cc1csc(SCC[C@@H]2[C@@H](C=O)[C@H](OC3CCCCO3)C[C@H]2I)n1. The van der Waals surface area contributed by atoms with E-state index in [-0.39, 0.29) is 18.3 Å². The first-order valence-electron chi connectivity index (χ1n) is 8.58. The number of hydrogen-bond donors (Lipinski definition) is 0. The van der Waals surface area contributed by atoms with E-state index in [1.165, 1.54) is 0 Å². The van der Waals surface area contributed by atoms with Gasteiger partial charge in [-0.2, -0.15) is 0 Å². The van der Waals surface area contributed by atoms with Crippen LogP contribution in [0.25, 0.3) is 0 Å². The van der Waals surface area contributed by atoms with Crippen molar-refractivity contribution in [3.05, 3.63) is 11.1 Å². The Bertz CT molecular complexity index is 536. The maximum atomic E-state index is 11.7. The molecule has 1 aromatic heterocycles. The summed E-state index contributed by atoms with van der Waals surface area (Å²) in [6, 6.07) is 0. The van der Waals surface area contributed by atoms with Crippen molar-refractivity contribution >= 4 is 52.0 Å². The second kappa shape index (κ2) is 9.30. The zero-order chi connectivity index (χ0) is 16.9. The standard InChI is InChI=1S/C17H24INO3S2/c1-11-10-24-17(19-11)23-7-5-12-13(9-20)15(8-14(12)18)22-16-4-2-3-6-21-16/h9-10,12-16H,2-8H2,1H3/t12-,13-,14-,15-,16?/m1/s1. The molecule has 0 bridgehead atoms. The third kappa shape index (κ3) is 4.93. The van der Waals surface area contributed by atoms with Crippen molar-refractivity contribution in [3.63, 3.8) is 0 Å². The number of hydrogen-bond acceptors (Lipinski definition) is 6. The molecule has 2 heterocycles. The number of halogens is 1. The van der Waals surface area contributed by atoms with Crippen molar-refractivity contribution in [1.82, 2.24) is 4.98 Å². The largest absolute Gasteiger partial charge is 0.353 e. The molecule has 2 aliphatic rings. The zero-order valence-electron chi connectivity index (χ0n) is 13.9. The van der Waals surface area contributed by atoms with Gasteiger partial charge in [-0.05, 0) is 44.9 Å². The molecule has 1 aliphatic heterocycles. The molecule has 0 radical (unpaired) electrons. The summed E-state index contributed by atoms with van der Waals surface area (Å²) in [5.41, 5.74) is 1.09. The number of rotatable bonds is 7. The fraction of sp³-hybridized carbons (Fsp3) is 0.765. The number of ether oxygens (including phenoxy) is 2. The summed E-state index contributed by atoms with van der Waals surface area (Å²) in [6.07, 6.45) is 6.25. The molecule has 2 fully saturated rings. The van der Waals surface area contributed by atoms with E-state index in [9.17, 15) is 4.79 Å². The van der Waals surface area contributed by atoms with E-state index in [1.807, 2.05) is 6.92 Å². The van der Waals surface area contributed by atoms with Crippen LogP contribution in [0.4, 0.5) is 0 Å². The topological polar surface area (TPSA) is 48.4 Å². The molecule has 0 amide bonds. The van der Waals surface area contributed by atoms with Crippen molar-refractivity contribution in [2.45, 2.75) is 59.7 Å². The van der Waals surface area contributed by atoms with Gasteiger partial charge in [-0.1, -0.05) is 34.4 Å². The highest BCUT2D eigenvalue weighted by atomic mass is 127. The van der Waals surface area contributed by atoms with E-state index < -0.39 is 0 Å². The van der Waals surface area contributed by atoms with Crippen LogP contribution in [0, 0.1) is 18.8 Å². The molecule has 1 aromatic rings. The first-order chi connectivity index (χ1) is 11.7. The predicted molar refractivity (Wildman–Crippen MR) is 106 cm³/mol. The number of aromatic nitrogens is 1. The van der Waals surface area contributed by atoms with Crippen LogP contribution in [-0.4, -0.2) is 39.9 Å². The molecule has 0 N–H and O–H groups in total. The van der Waals surface area contributed by atoms with Crippen LogP contribution in [0.2, 0.25) is 0 Å². The normalized spacial score (nSPS) is 33.7. The lowest BCUT2D eigenvalue weighted by Crippen LogP contribution is -2.32. The third-order valence-electron chi connectivity index (χ3n) is 4.74. The van der Waals surface area contributed by atoms with E-state index in [4.69, 9.17) is 9.47 Å². The van der Waals surface area contributed by atoms with Crippen molar-refractivity contribution in [1.29, 1.82) is 0 Å². The number of carbonyl (C=O) groups excluding carboxylic acids is 1. The first-order valence-corrected chi connectivity index (χ1v) is 11.7. The second-order valence-corrected chi connectivity index (χ2v) is 10.3. The molecule has 0 aromatic carbocycles. The van der Waals surface area contributed by atoms with Crippen LogP contribution in [-0.2, 0) is 14.3 Å². The van der Waals surface area contributed by atoms with Gasteiger partial charge in [-0.25, -0.2) is 4.98 Å². The van der Waals surface area contributed by atoms with Gasteiger partial charge in [0.05, 0.1) is 6.10 Å². The summed E-state index contributed by atoms with van der Waals surface area (Å²) in [5, 5.41) is 2.08. The lowest BCUT2D eigenvalue weighted by molar-refractivity contribution is -0.194. The van der Waals surface area contributed by atoms with Crippen LogP contribution >= 0.6 is 45.7 Å². The van der Waals surface area contributed by atoms with Gasteiger partial charge >= 0.3 is 0 Å². The molecule has 1 saturated carbocycles. The minimum atomic E-state index is -0.110. The minimum Gasteiger partial charge on any atom is -0.353 e.